The minimum Gasteiger partial charge on any atom is -0.481 e. The lowest BCUT2D eigenvalue weighted by Gasteiger charge is -2.18. The number of ether oxygens (including phenoxy) is 1. The van der Waals surface area contributed by atoms with Crippen LogP contribution >= 0.6 is 0 Å². The number of hydrogen-bond acceptors (Lipinski definition) is 5. The Kier molecular flexibility index (Phi) is 4.99. The number of amides is 1. The van der Waals surface area contributed by atoms with E-state index in [4.69, 9.17) is 15.7 Å². The van der Waals surface area contributed by atoms with E-state index in [-0.39, 0.29) is 12.5 Å². The van der Waals surface area contributed by atoms with Gasteiger partial charge in [-0.1, -0.05) is 11.1 Å². The van der Waals surface area contributed by atoms with Crippen LogP contribution in [0.5, 0.6) is 5.75 Å². The molecule has 1 aromatic heterocycles. The number of nitrogens with zero attached hydrogens (tertiary/aromatic N) is 3. The Balaban J connectivity index is 1.73. The molecule has 0 saturated carbocycles. The molecule has 0 fully saturated rings. The molecule has 0 spiro atoms. The van der Waals surface area contributed by atoms with Crippen molar-refractivity contribution < 1.29 is 14.1 Å². The lowest BCUT2D eigenvalue weighted by Crippen LogP contribution is -2.26. The summed E-state index contributed by atoms with van der Waals surface area (Å²) in [6.07, 6.45) is 5.17. The van der Waals surface area contributed by atoms with Gasteiger partial charge in [-0.05, 0) is 55.5 Å². The van der Waals surface area contributed by atoms with Crippen molar-refractivity contribution in [2.45, 2.75) is 6.92 Å². The SMILES string of the molecule is C#CCOc1ccc(N(C)C(=O)c2ccc(-c3nc(C)no3)cc2)cc1. The lowest BCUT2D eigenvalue weighted by molar-refractivity contribution is 0.0993. The second-order valence-electron chi connectivity index (χ2n) is 5.57. The minimum atomic E-state index is -0.129. The van der Waals surface area contributed by atoms with E-state index in [2.05, 4.69) is 16.1 Å². The van der Waals surface area contributed by atoms with Crippen LogP contribution in [0.1, 0.15) is 16.2 Å². The highest BCUT2D eigenvalue weighted by Gasteiger charge is 2.14. The molecule has 6 heteroatoms. The Labute approximate surface area is 151 Å². The van der Waals surface area contributed by atoms with Crippen molar-refractivity contribution in [2.24, 2.45) is 0 Å². The molecule has 3 rings (SSSR count). The maximum absolute atomic E-state index is 12.7. The largest absolute Gasteiger partial charge is 0.481 e. The molecule has 6 nitrogen and oxygen atoms in total. The molecule has 0 aliphatic rings. The van der Waals surface area contributed by atoms with Gasteiger partial charge < -0.3 is 14.2 Å². The second-order valence-corrected chi connectivity index (χ2v) is 5.57. The Bertz CT molecular complexity index is 938. The van der Waals surface area contributed by atoms with Crippen LogP contribution in [-0.2, 0) is 0 Å². The Morgan fingerprint density at radius 1 is 1.19 bits per heavy atom. The summed E-state index contributed by atoms with van der Waals surface area (Å²) >= 11 is 0. The summed E-state index contributed by atoms with van der Waals surface area (Å²) in [5.74, 6) is 3.93. The number of rotatable bonds is 5. The number of carbonyl (C=O) groups excluding carboxylic acids is 1. The minimum absolute atomic E-state index is 0.129. The molecule has 0 atom stereocenters. The fourth-order valence-electron chi connectivity index (χ4n) is 2.37. The Morgan fingerprint density at radius 3 is 2.46 bits per heavy atom. The number of aryl methyl sites for hydroxylation is 1. The molecule has 0 aliphatic heterocycles. The topological polar surface area (TPSA) is 68.5 Å². The predicted octanol–water partition coefficient (Wildman–Crippen LogP) is 3.33. The first-order chi connectivity index (χ1) is 12.6. The van der Waals surface area contributed by atoms with Gasteiger partial charge in [0.2, 0.25) is 0 Å². The van der Waals surface area contributed by atoms with Crippen LogP contribution in [0, 0.1) is 19.3 Å². The third-order valence-electron chi connectivity index (χ3n) is 3.76. The average Bonchev–Trinajstić information content (AvgIpc) is 3.12. The van der Waals surface area contributed by atoms with Crippen molar-refractivity contribution in [3.05, 3.63) is 59.9 Å². The van der Waals surface area contributed by atoms with Crippen molar-refractivity contribution >= 4 is 11.6 Å². The van der Waals surface area contributed by atoms with Crippen LogP contribution in [0.3, 0.4) is 0 Å². The van der Waals surface area contributed by atoms with Gasteiger partial charge in [0.15, 0.2) is 5.82 Å². The van der Waals surface area contributed by atoms with E-state index in [0.29, 0.717) is 23.0 Å². The van der Waals surface area contributed by atoms with Crippen LogP contribution in [-0.4, -0.2) is 29.7 Å². The van der Waals surface area contributed by atoms with Gasteiger partial charge in [-0.25, -0.2) is 0 Å². The molecule has 130 valence electrons. The summed E-state index contributed by atoms with van der Waals surface area (Å²) in [5, 5.41) is 3.76. The van der Waals surface area contributed by atoms with Crippen LogP contribution in [0.25, 0.3) is 11.5 Å². The van der Waals surface area contributed by atoms with Gasteiger partial charge in [0.1, 0.15) is 12.4 Å². The highest BCUT2D eigenvalue weighted by Crippen LogP contribution is 2.22. The van der Waals surface area contributed by atoms with Gasteiger partial charge in [-0.3, -0.25) is 4.79 Å². The van der Waals surface area contributed by atoms with Gasteiger partial charge >= 0.3 is 0 Å². The summed E-state index contributed by atoms with van der Waals surface area (Å²) in [6.45, 7) is 1.96. The van der Waals surface area contributed by atoms with Gasteiger partial charge in [-0.2, -0.15) is 4.98 Å². The highest BCUT2D eigenvalue weighted by molar-refractivity contribution is 6.05. The zero-order valence-electron chi connectivity index (χ0n) is 14.5. The van der Waals surface area contributed by atoms with E-state index < -0.39 is 0 Å². The number of terminal acetylenes is 1. The molecular weight excluding hydrogens is 330 g/mol. The highest BCUT2D eigenvalue weighted by atomic mass is 16.5. The molecule has 0 aliphatic carbocycles. The van der Waals surface area contributed by atoms with Crippen LogP contribution in [0.4, 0.5) is 5.69 Å². The monoisotopic (exact) mass is 347 g/mol. The third kappa shape index (κ3) is 3.73. The predicted molar refractivity (Wildman–Crippen MR) is 98.0 cm³/mol. The van der Waals surface area contributed by atoms with Crippen molar-refractivity contribution in [2.75, 3.05) is 18.6 Å². The fourth-order valence-corrected chi connectivity index (χ4v) is 2.37. The average molecular weight is 347 g/mol. The molecule has 1 heterocycles. The van der Waals surface area contributed by atoms with Crippen LogP contribution in [0.15, 0.2) is 53.1 Å². The first-order valence-electron chi connectivity index (χ1n) is 7.93. The Morgan fingerprint density at radius 2 is 1.88 bits per heavy atom. The summed E-state index contributed by atoms with van der Waals surface area (Å²) in [6, 6.07) is 14.2. The molecule has 26 heavy (non-hydrogen) atoms. The van der Waals surface area contributed by atoms with Gasteiger partial charge in [-0.15, -0.1) is 6.42 Å². The second kappa shape index (κ2) is 7.53. The van der Waals surface area contributed by atoms with E-state index in [9.17, 15) is 4.79 Å². The number of carbonyl (C=O) groups is 1. The molecule has 0 saturated heterocycles. The quantitative estimate of drug-likeness (QED) is 0.662. The molecule has 3 aromatic rings. The van der Waals surface area contributed by atoms with E-state index in [1.54, 1.807) is 67.4 Å². The first kappa shape index (κ1) is 17.2. The maximum atomic E-state index is 12.7. The van der Waals surface area contributed by atoms with Crippen LogP contribution < -0.4 is 9.64 Å². The maximum Gasteiger partial charge on any atom is 0.258 e. The number of anilines is 1. The standard InChI is InChI=1S/C20H17N3O3/c1-4-13-25-18-11-9-17(10-12-18)23(3)20(24)16-7-5-15(6-8-16)19-21-14(2)22-26-19/h1,5-12H,13H2,2-3H3. The van der Waals surface area contributed by atoms with E-state index in [1.165, 1.54) is 0 Å². The number of benzene rings is 2. The van der Waals surface area contributed by atoms with Gasteiger partial charge in [0.05, 0.1) is 0 Å². The van der Waals surface area contributed by atoms with E-state index in [1.807, 2.05) is 0 Å². The van der Waals surface area contributed by atoms with Gasteiger partial charge in [0.25, 0.3) is 11.8 Å². The van der Waals surface area contributed by atoms with Crippen molar-refractivity contribution in [1.82, 2.24) is 10.1 Å². The van der Waals surface area contributed by atoms with Crippen molar-refractivity contribution in [1.29, 1.82) is 0 Å². The summed E-state index contributed by atoms with van der Waals surface area (Å²) in [7, 11) is 1.72. The van der Waals surface area contributed by atoms with E-state index >= 15 is 0 Å². The summed E-state index contributed by atoms with van der Waals surface area (Å²) in [5.41, 5.74) is 2.07. The molecule has 0 radical (unpaired) electrons. The fraction of sp³-hybridized carbons (Fsp3) is 0.150. The van der Waals surface area contributed by atoms with Crippen molar-refractivity contribution in [3.63, 3.8) is 0 Å². The molecule has 0 N–H and O–H groups in total. The molecule has 1 amide bonds. The van der Waals surface area contributed by atoms with Crippen molar-refractivity contribution in [3.8, 4) is 29.5 Å². The normalized spacial score (nSPS) is 10.2. The Hall–Kier alpha value is -3.59. The number of aromatic nitrogens is 2. The summed E-state index contributed by atoms with van der Waals surface area (Å²) in [4.78, 5) is 18.4. The zero-order chi connectivity index (χ0) is 18.5. The number of hydrogen-bond donors (Lipinski definition) is 0. The van der Waals surface area contributed by atoms with E-state index in [0.717, 1.165) is 11.3 Å². The van der Waals surface area contributed by atoms with Gasteiger partial charge in [0, 0.05) is 23.9 Å². The zero-order valence-corrected chi connectivity index (χ0v) is 14.5. The molecule has 2 aromatic carbocycles. The third-order valence-corrected chi connectivity index (χ3v) is 3.76. The molecule has 0 unspecified atom stereocenters. The lowest BCUT2D eigenvalue weighted by atomic mass is 10.1. The smallest absolute Gasteiger partial charge is 0.258 e. The molecular formula is C20H17N3O3. The van der Waals surface area contributed by atoms with Crippen LogP contribution in [0.2, 0.25) is 0 Å². The first-order valence-corrected chi connectivity index (χ1v) is 7.93. The summed E-state index contributed by atoms with van der Waals surface area (Å²) < 4.78 is 10.5. The molecule has 0 bridgehead atoms.